The number of nitrogens with zero attached hydrogens (tertiary/aromatic N) is 1. The van der Waals surface area contributed by atoms with E-state index in [1.807, 2.05) is 31.2 Å². The van der Waals surface area contributed by atoms with E-state index in [1.165, 1.54) is 16.8 Å². The monoisotopic (exact) mass is 533 g/mol. The van der Waals surface area contributed by atoms with Crippen LogP contribution in [0.4, 0.5) is 5.69 Å². The zero-order valence-corrected chi connectivity index (χ0v) is 21.4. The molecule has 10 heteroatoms. The molecule has 2 atom stereocenters. The number of thioether (sulfide) groups is 1. The zero-order valence-electron chi connectivity index (χ0n) is 18.2. The van der Waals surface area contributed by atoms with Gasteiger partial charge in [-0.1, -0.05) is 41.4 Å². The van der Waals surface area contributed by atoms with Crippen molar-refractivity contribution in [3.05, 3.63) is 82.3 Å². The molecule has 3 aromatic carbocycles. The van der Waals surface area contributed by atoms with E-state index in [0.29, 0.717) is 33.0 Å². The first-order valence-corrected chi connectivity index (χ1v) is 12.4. The minimum Gasteiger partial charge on any atom is -0.496 e. The predicted molar refractivity (Wildman–Crippen MR) is 142 cm³/mol. The van der Waals surface area contributed by atoms with Crippen LogP contribution in [-0.2, 0) is 4.79 Å². The highest BCUT2D eigenvalue weighted by atomic mass is 35.5. The molecule has 0 aromatic heterocycles. The van der Waals surface area contributed by atoms with Gasteiger partial charge in [-0.2, -0.15) is 0 Å². The normalized spacial score (nSPS) is 17.4. The fraction of sp³-hybridized carbons (Fsp3) is 0.167. The molecule has 1 amide bonds. The Morgan fingerprint density at radius 2 is 1.79 bits per heavy atom. The van der Waals surface area contributed by atoms with E-state index in [0.717, 1.165) is 5.56 Å². The summed E-state index contributed by atoms with van der Waals surface area (Å²) in [6.07, 6.45) is 0. The number of hydrazine groups is 1. The lowest BCUT2D eigenvalue weighted by atomic mass is 10.2. The third kappa shape index (κ3) is 5.52. The molecule has 2 N–H and O–H groups in total. The third-order valence-corrected chi connectivity index (χ3v) is 7.08. The Bertz CT molecular complexity index is 1210. The van der Waals surface area contributed by atoms with Crippen molar-refractivity contribution in [3.63, 3.8) is 0 Å². The highest BCUT2D eigenvalue weighted by Crippen LogP contribution is 2.44. The number of thiocarbonyl (C=S) groups is 1. The van der Waals surface area contributed by atoms with Gasteiger partial charge in [-0.25, -0.2) is 5.01 Å². The lowest BCUT2D eigenvalue weighted by molar-refractivity contribution is -0.131. The van der Waals surface area contributed by atoms with Gasteiger partial charge >= 0.3 is 0 Å². The number of hydrogen-bond donors (Lipinski definition) is 2. The van der Waals surface area contributed by atoms with E-state index < -0.39 is 0 Å². The van der Waals surface area contributed by atoms with Crippen LogP contribution in [0.25, 0.3) is 0 Å². The number of nitrogens with one attached hydrogen (secondary N) is 2. The lowest BCUT2D eigenvalue weighted by Gasteiger charge is -2.27. The minimum absolute atomic E-state index is 0.0743. The molecule has 0 saturated carbocycles. The molecule has 1 aliphatic heterocycles. The molecule has 1 aliphatic rings. The van der Waals surface area contributed by atoms with Crippen LogP contribution in [0, 0.1) is 0 Å². The Hall–Kier alpha value is -2.65. The van der Waals surface area contributed by atoms with Gasteiger partial charge in [-0.3, -0.25) is 10.2 Å². The summed E-state index contributed by atoms with van der Waals surface area (Å²) in [7, 11) is 1.61. The number of amides is 1. The first kappa shape index (κ1) is 24.5. The van der Waals surface area contributed by atoms with Crippen LogP contribution in [0.1, 0.15) is 17.9 Å². The molecule has 1 fully saturated rings. The van der Waals surface area contributed by atoms with E-state index in [1.54, 1.807) is 49.6 Å². The van der Waals surface area contributed by atoms with Crippen LogP contribution in [-0.4, -0.2) is 28.4 Å². The molecule has 6 nitrogen and oxygen atoms in total. The molecule has 3 aromatic rings. The van der Waals surface area contributed by atoms with Gasteiger partial charge in [0.05, 0.1) is 17.4 Å². The largest absolute Gasteiger partial charge is 0.496 e. The van der Waals surface area contributed by atoms with Gasteiger partial charge in [0.2, 0.25) is 0 Å². The van der Waals surface area contributed by atoms with Gasteiger partial charge in [-0.05, 0) is 67.7 Å². The Morgan fingerprint density at radius 1 is 1.06 bits per heavy atom. The summed E-state index contributed by atoms with van der Waals surface area (Å²) >= 11 is 19.3. The number of carbonyl (C=O) groups excluding carboxylic acids is 1. The molecule has 176 valence electrons. The Labute approximate surface area is 217 Å². The third-order valence-electron chi connectivity index (χ3n) is 5.01. The maximum absolute atomic E-state index is 12.8. The highest BCUT2D eigenvalue weighted by Gasteiger charge is 2.40. The van der Waals surface area contributed by atoms with Crippen LogP contribution < -0.4 is 20.2 Å². The zero-order chi connectivity index (χ0) is 24.2. The summed E-state index contributed by atoms with van der Waals surface area (Å²) in [5, 5.41) is 5.35. The van der Waals surface area contributed by atoms with E-state index in [9.17, 15) is 4.79 Å². The highest BCUT2D eigenvalue weighted by molar-refractivity contribution is 8.01. The average molecular weight is 534 g/mol. The topological polar surface area (TPSA) is 62.8 Å². The van der Waals surface area contributed by atoms with Gasteiger partial charge in [0.1, 0.15) is 22.6 Å². The SMILES string of the molecule is COc1ccccc1C1SC(C)C(=O)N1NC(=S)Nc1ccc(Oc2ccc(Cl)cc2)c(Cl)c1. The van der Waals surface area contributed by atoms with Gasteiger partial charge in [-0.15, -0.1) is 11.8 Å². The first-order chi connectivity index (χ1) is 16.4. The number of methoxy groups -OCH3 is 1. The predicted octanol–water partition coefficient (Wildman–Crippen LogP) is 6.66. The molecule has 34 heavy (non-hydrogen) atoms. The van der Waals surface area contributed by atoms with Crippen LogP contribution in [0.15, 0.2) is 66.7 Å². The first-order valence-electron chi connectivity index (χ1n) is 10.3. The Kier molecular flexibility index (Phi) is 7.73. The minimum atomic E-state index is -0.294. The van der Waals surface area contributed by atoms with Crippen molar-refractivity contribution in [2.45, 2.75) is 17.5 Å². The molecular weight excluding hydrogens is 513 g/mol. The smallest absolute Gasteiger partial charge is 0.255 e. The quantitative estimate of drug-likeness (QED) is 0.343. The van der Waals surface area contributed by atoms with Crippen molar-refractivity contribution in [1.82, 2.24) is 10.4 Å². The molecule has 0 spiro atoms. The van der Waals surface area contributed by atoms with Gasteiger partial charge < -0.3 is 14.8 Å². The molecule has 0 radical (unpaired) electrons. The number of benzene rings is 3. The van der Waals surface area contributed by atoms with Crippen molar-refractivity contribution in [2.75, 3.05) is 12.4 Å². The van der Waals surface area contributed by atoms with Crippen molar-refractivity contribution in [1.29, 1.82) is 0 Å². The van der Waals surface area contributed by atoms with Crippen LogP contribution >= 0.6 is 47.2 Å². The number of carbonyl (C=O) groups is 1. The standard InChI is InChI=1S/C24H21Cl2N3O3S2/c1-14-22(30)29(23(34-14)18-5-3-4-6-20(18)31-2)28-24(33)27-16-9-12-21(19(26)13-16)32-17-10-7-15(25)8-11-17/h3-14,23H,1-2H3,(H2,27,28,33). The Balaban J connectivity index is 1.45. The van der Waals surface area contributed by atoms with Crippen molar-refractivity contribution in [3.8, 4) is 17.2 Å². The van der Waals surface area contributed by atoms with Crippen molar-refractivity contribution >= 4 is 63.9 Å². The summed E-state index contributed by atoms with van der Waals surface area (Å²) in [4.78, 5) is 12.8. The van der Waals surface area contributed by atoms with Gasteiger partial charge in [0.15, 0.2) is 5.11 Å². The molecule has 1 heterocycles. The number of halogens is 2. The molecule has 2 unspecified atom stereocenters. The number of hydrogen-bond acceptors (Lipinski definition) is 5. The number of ether oxygens (including phenoxy) is 2. The summed E-state index contributed by atoms with van der Waals surface area (Å²) in [5.41, 5.74) is 4.56. The van der Waals surface area contributed by atoms with E-state index in [2.05, 4.69) is 10.7 Å². The maximum atomic E-state index is 12.8. The van der Waals surface area contributed by atoms with Crippen LogP contribution in [0.2, 0.25) is 10.0 Å². The summed E-state index contributed by atoms with van der Waals surface area (Å²) < 4.78 is 11.3. The van der Waals surface area contributed by atoms with Crippen LogP contribution in [0.3, 0.4) is 0 Å². The second-order valence-electron chi connectivity index (χ2n) is 7.35. The summed E-state index contributed by atoms with van der Waals surface area (Å²) in [5.74, 6) is 1.74. The molecule has 4 rings (SSSR count). The maximum Gasteiger partial charge on any atom is 0.255 e. The molecule has 1 saturated heterocycles. The molecule has 0 bridgehead atoms. The fourth-order valence-electron chi connectivity index (χ4n) is 3.38. The van der Waals surface area contributed by atoms with E-state index in [-0.39, 0.29) is 21.6 Å². The lowest BCUT2D eigenvalue weighted by Crippen LogP contribution is -2.47. The summed E-state index contributed by atoms with van der Waals surface area (Å²) in [6, 6.07) is 19.8. The van der Waals surface area contributed by atoms with Crippen molar-refractivity contribution < 1.29 is 14.3 Å². The van der Waals surface area contributed by atoms with Gasteiger partial charge in [0.25, 0.3) is 5.91 Å². The van der Waals surface area contributed by atoms with Crippen molar-refractivity contribution in [2.24, 2.45) is 0 Å². The van der Waals surface area contributed by atoms with Gasteiger partial charge in [0, 0.05) is 16.3 Å². The van der Waals surface area contributed by atoms with Crippen LogP contribution in [0.5, 0.6) is 17.2 Å². The summed E-state index contributed by atoms with van der Waals surface area (Å²) in [6.45, 7) is 1.87. The second-order valence-corrected chi connectivity index (χ2v) is 10.0. The average Bonchev–Trinajstić information content (AvgIpc) is 3.10. The fourth-order valence-corrected chi connectivity index (χ4v) is 5.18. The number of anilines is 1. The second kappa shape index (κ2) is 10.7. The number of para-hydroxylation sites is 1. The van der Waals surface area contributed by atoms with E-state index >= 15 is 0 Å². The molecule has 0 aliphatic carbocycles. The molecular formula is C24H21Cl2N3O3S2. The van der Waals surface area contributed by atoms with E-state index in [4.69, 9.17) is 44.9 Å². The number of rotatable bonds is 6. The Morgan fingerprint density at radius 3 is 2.50 bits per heavy atom.